The van der Waals surface area contributed by atoms with Gasteiger partial charge in [-0.25, -0.2) is 0 Å². The van der Waals surface area contributed by atoms with Crippen LogP contribution in [0.2, 0.25) is 0 Å². The number of piperidine rings is 1. The van der Waals surface area contributed by atoms with Crippen molar-refractivity contribution >= 4 is 0 Å². The molecule has 0 aromatic carbocycles. The molecule has 3 fully saturated rings. The van der Waals surface area contributed by atoms with Crippen molar-refractivity contribution < 1.29 is 5.11 Å². The molecule has 0 aliphatic carbocycles. The van der Waals surface area contributed by atoms with Crippen molar-refractivity contribution in [3.05, 3.63) is 12.7 Å². The van der Waals surface area contributed by atoms with Crippen molar-refractivity contribution in [3.63, 3.8) is 0 Å². The van der Waals surface area contributed by atoms with E-state index in [2.05, 4.69) is 28.3 Å². The maximum atomic E-state index is 10.0. The van der Waals surface area contributed by atoms with Gasteiger partial charge in [-0.1, -0.05) is 6.08 Å². The molecule has 4 heteroatoms. The molecule has 0 aromatic rings. The Morgan fingerprint density at radius 2 is 1.73 bits per heavy atom. The lowest BCUT2D eigenvalue weighted by Crippen LogP contribution is -2.55. The van der Waals surface area contributed by atoms with Gasteiger partial charge in [0.25, 0.3) is 0 Å². The zero-order valence-corrected chi connectivity index (χ0v) is 14.2. The summed E-state index contributed by atoms with van der Waals surface area (Å²) in [4.78, 5) is 7.79. The summed E-state index contributed by atoms with van der Waals surface area (Å²) < 4.78 is 0. The summed E-state index contributed by atoms with van der Waals surface area (Å²) in [6.07, 6.45) is 9.03. The van der Waals surface area contributed by atoms with Gasteiger partial charge in [-0.15, -0.1) is 6.58 Å². The molecule has 3 unspecified atom stereocenters. The lowest BCUT2D eigenvalue weighted by molar-refractivity contribution is 0.0240. The molecular formula is C18H33N3O. The molecule has 0 amide bonds. The maximum absolute atomic E-state index is 10.0. The summed E-state index contributed by atoms with van der Waals surface area (Å²) >= 11 is 0. The first-order valence-corrected chi connectivity index (χ1v) is 9.14. The number of fused-ring (bicyclic) bond motifs is 2. The average Bonchev–Trinajstić information content (AvgIpc) is 2.75. The molecule has 0 saturated carbocycles. The molecule has 0 spiro atoms. The summed E-state index contributed by atoms with van der Waals surface area (Å²) in [6.45, 7) is 9.16. The van der Waals surface area contributed by atoms with E-state index >= 15 is 0 Å². The lowest BCUT2D eigenvalue weighted by Gasteiger charge is -2.45. The number of allylic oxidation sites excluding steroid dienone is 1. The monoisotopic (exact) mass is 307 g/mol. The predicted octanol–water partition coefficient (Wildman–Crippen LogP) is 1.56. The van der Waals surface area contributed by atoms with Gasteiger partial charge in [0.2, 0.25) is 0 Å². The number of aliphatic hydroxyl groups excluding tert-OH is 1. The molecule has 3 atom stereocenters. The number of aliphatic hydroxyl groups is 1. The quantitative estimate of drug-likeness (QED) is 0.754. The van der Waals surface area contributed by atoms with Crippen LogP contribution in [-0.4, -0.2) is 83.8 Å². The number of β-amino-alcohol motifs (C(OH)–C–C–N with tert-alkyl or cyclic N) is 1. The van der Waals surface area contributed by atoms with E-state index in [0.717, 1.165) is 50.6 Å². The van der Waals surface area contributed by atoms with Crippen LogP contribution in [0.15, 0.2) is 12.7 Å². The normalized spacial score (nSPS) is 35.6. The first kappa shape index (κ1) is 16.4. The Labute approximate surface area is 135 Å². The van der Waals surface area contributed by atoms with Crippen LogP contribution in [-0.2, 0) is 0 Å². The van der Waals surface area contributed by atoms with Crippen LogP contribution >= 0.6 is 0 Å². The second-order valence-corrected chi connectivity index (χ2v) is 7.53. The Balaban J connectivity index is 1.41. The molecule has 3 aliphatic heterocycles. The van der Waals surface area contributed by atoms with E-state index in [4.69, 9.17) is 0 Å². The van der Waals surface area contributed by atoms with E-state index in [1.54, 1.807) is 0 Å². The Morgan fingerprint density at radius 3 is 2.32 bits per heavy atom. The highest BCUT2D eigenvalue weighted by Gasteiger charge is 2.40. The second kappa shape index (κ2) is 7.43. The molecule has 0 radical (unpaired) electrons. The smallest absolute Gasteiger partial charge is 0.0670 e. The number of hydrogen-bond acceptors (Lipinski definition) is 4. The van der Waals surface area contributed by atoms with Gasteiger partial charge in [0.05, 0.1) is 6.10 Å². The van der Waals surface area contributed by atoms with Gasteiger partial charge in [-0.2, -0.15) is 0 Å². The van der Waals surface area contributed by atoms with Crippen molar-refractivity contribution in [2.75, 3.05) is 39.8 Å². The minimum atomic E-state index is -0.191. The summed E-state index contributed by atoms with van der Waals surface area (Å²) in [6, 6.07) is 2.48. The first-order chi connectivity index (χ1) is 10.7. The Hall–Kier alpha value is -0.420. The third-order valence-electron chi connectivity index (χ3n) is 6.17. The van der Waals surface area contributed by atoms with Crippen LogP contribution in [0.5, 0.6) is 0 Å². The van der Waals surface area contributed by atoms with Gasteiger partial charge in [-0.05, 0) is 45.6 Å². The van der Waals surface area contributed by atoms with Crippen LogP contribution in [0.4, 0.5) is 0 Å². The fraction of sp³-hybridized carbons (Fsp3) is 0.889. The fourth-order valence-electron chi connectivity index (χ4n) is 4.69. The molecule has 0 aromatic heterocycles. The summed E-state index contributed by atoms with van der Waals surface area (Å²) in [5.74, 6) is 0. The summed E-state index contributed by atoms with van der Waals surface area (Å²) in [5, 5.41) is 10.0. The van der Waals surface area contributed by atoms with Gasteiger partial charge >= 0.3 is 0 Å². The average molecular weight is 307 g/mol. The number of rotatable bonds is 6. The Bertz CT molecular complexity index is 353. The zero-order valence-electron chi connectivity index (χ0n) is 14.2. The number of hydrogen-bond donors (Lipinski definition) is 1. The Morgan fingerprint density at radius 1 is 1.09 bits per heavy atom. The molecule has 3 saturated heterocycles. The lowest BCUT2D eigenvalue weighted by atomic mass is 9.96. The predicted molar refractivity (Wildman–Crippen MR) is 91.0 cm³/mol. The van der Waals surface area contributed by atoms with Crippen molar-refractivity contribution in [3.8, 4) is 0 Å². The SMILES string of the molecule is C=CCCC(O)CN1CCN(C2CC3CCC(C2)N3C)CC1. The van der Waals surface area contributed by atoms with Crippen LogP contribution in [0.25, 0.3) is 0 Å². The van der Waals surface area contributed by atoms with Crippen LogP contribution in [0.1, 0.15) is 38.5 Å². The van der Waals surface area contributed by atoms with Gasteiger partial charge in [-0.3, -0.25) is 9.80 Å². The van der Waals surface area contributed by atoms with Crippen molar-refractivity contribution in [1.82, 2.24) is 14.7 Å². The molecule has 4 nitrogen and oxygen atoms in total. The highest BCUT2D eigenvalue weighted by Crippen LogP contribution is 2.36. The van der Waals surface area contributed by atoms with Crippen LogP contribution in [0, 0.1) is 0 Å². The second-order valence-electron chi connectivity index (χ2n) is 7.53. The first-order valence-electron chi connectivity index (χ1n) is 9.14. The highest BCUT2D eigenvalue weighted by atomic mass is 16.3. The van der Waals surface area contributed by atoms with E-state index in [-0.39, 0.29) is 6.10 Å². The fourth-order valence-corrected chi connectivity index (χ4v) is 4.69. The summed E-state index contributed by atoms with van der Waals surface area (Å²) in [7, 11) is 2.32. The zero-order chi connectivity index (χ0) is 15.5. The van der Waals surface area contributed by atoms with Crippen LogP contribution in [0.3, 0.4) is 0 Å². The van der Waals surface area contributed by atoms with E-state index < -0.39 is 0 Å². The molecule has 2 bridgehead atoms. The minimum absolute atomic E-state index is 0.191. The number of piperazine rings is 1. The topological polar surface area (TPSA) is 30.0 Å². The molecular weight excluding hydrogens is 274 g/mol. The van der Waals surface area contributed by atoms with Gasteiger partial charge in [0, 0.05) is 50.8 Å². The molecule has 1 N–H and O–H groups in total. The van der Waals surface area contributed by atoms with Gasteiger partial charge < -0.3 is 10.0 Å². The largest absolute Gasteiger partial charge is 0.392 e. The molecule has 3 aliphatic rings. The molecule has 126 valence electrons. The van der Waals surface area contributed by atoms with Gasteiger partial charge in [0.1, 0.15) is 0 Å². The van der Waals surface area contributed by atoms with E-state index in [0.29, 0.717) is 0 Å². The van der Waals surface area contributed by atoms with Crippen molar-refractivity contribution in [2.45, 2.75) is 62.8 Å². The molecule has 3 heterocycles. The van der Waals surface area contributed by atoms with Crippen molar-refractivity contribution in [1.29, 1.82) is 0 Å². The summed E-state index contributed by atoms with van der Waals surface area (Å²) in [5.41, 5.74) is 0. The third kappa shape index (κ3) is 3.73. The van der Waals surface area contributed by atoms with Gasteiger partial charge in [0.15, 0.2) is 0 Å². The number of nitrogens with zero attached hydrogens (tertiary/aromatic N) is 3. The van der Waals surface area contributed by atoms with E-state index in [9.17, 15) is 5.11 Å². The standard InChI is InChI=1S/C18H33N3O/c1-3-4-5-18(22)14-20-8-10-21(11-9-20)17-12-15-6-7-16(13-17)19(15)2/h3,15-18,22H,1,4-14H2,2H3. The maximum Gasteiger partial charge on any atom is 0.0670 e. The molecule has 3 rings (SSSR count). The van der Waals surface area contributed by atoms with Crippen molar-refractivity contribution in [2.24, 2.45) is 0 Å². The van der Waals surface area contributed by atoms with Crippen LogP contribution < -0.4 is 0 Å². The minimum Gasteiger partial charge on any atom is -0.392 e. The highest BCUT2D eigenvalue weighted by molar-refractivity contribution is 4.97. The van der Waals surface area contributed by atoms with E-state index in [1.807, 2.05) is 6.08 Å². The van der Waals surface area contributed by atoms with E-state index in [1.165, 1.54) is 38.8 Å². The Kier molecular flexibility index (Phi) is 5.55. The molecule has 22 heavy (non-hydrogen) atoms. The third-order valence-corrected chi connectivity index (χ3v) is 6.17.